The summed E-state index contributed by atoms with van der Waals surface area (Å²) in [6.07, 6.45) is 1.80. The fourth-order valence-electron chi connectivity index (χ4n) is 2.98. The number of rotatable bonds is 5. The first-order valence-corrected chi connectivity index (χ1v) is 7.43. The van der Waals surface area contributed by atoms with Crippen molar-refractivity contribution in [2.24, 2.45) is 12.8 Å². The number of carboxylic acids is 1. The van der Waals surface area contributed by atoms with Crippen LogP contribution in [0.3, 0.4) is 0 Å². The molecule has 0 bridgehead atoms. The number of fused-ring (bicyclic) bond motifs is 1. The summed E-state index contributed by atoms with van der Waals surface area (Å²) >= 11 is 0. The van der Waals surface area contributed by atoms with Gasteiger partial charge < -0.3 is 15.4 Å². The predicted octanol–water partition coefficient (Wildman–Crippen LogP) is 3.20. The maximum atomic E-state index is 11.4. The molecule has 0 aliphatic rings. The SMILES string of the molecule is Cc1c(CCCN)c2cc(C(=O)O)cc(C(C)C)c2n1C. The number of aromatic nitrogens is 1. The molecule has 0 amide bonds. The molecule has 0 saturated carbocycles. The minimum absolute atomic E-state index is 0.280. The van der Waals surface area contributed by atoms with E-state index < -0.39 is 5.97 Å². The summed E-state index contributed by atoms with van der Waals surface area (Å²) in [5.41, 5.74) is 10.7. The topological polar surface area (TPSA) is 68.2 Å². The molecule has 4 nitrogen and oxygen atoms in total. The van der Waals surface area contributed by atoms with E-state index in [9.17, 15) is 9.90 Å². The van der Waals surface area contributed by atoms with Crippen LogP contribution in [-0.2, 0) is 13.5 Å². The van der Waals surface area contributed by atoms with E-state index in [2.05, 4.69) is 32.4 Å². The average Bonchev–Trinajstić information content (AvgIpc) is 2.68. The van der Waals surface area contributed by atoms with Crippen molar-refractivity contribution in [3.8, 4) is 0 Å². The van der Waals surface area contributed by atoms with Crippen LogP contribution in [-0.4, -0.2) is 22.2 Å². The van der Waals surface area contributed by atoms with Crippen molar-refractivity contribution >= 4 is 16.9 Å². The molecule has 4 heteroatoms. The van der Waals surface area contributed by atoms with Crippen LogP contribution in [0.25, 0.3) is 10.9 Å². The molecular formula is C17H24N2O2. The lowest BCUT2D eigenvalue weighted by atomic mass is 9.95. The van der Waals surface area contributed by atoms with Gasteiger partial charge in [-0.3, -0.25) is 0 Å². The lowest BCUT2D eigenvalue weighted by molar-refractivity contribution is 0.0697. The summed E-state index contributed by atoms with van der Waals surface area (Å²) in [6, 6.07) is 3.61. The molecule has 1 aromatic heterocycles. The molecule has 0 atom stereocenters. The van der Waals surface area contributed by atoms with E-state index in [1.807, 2.05) is 12.1 Å². The molecule has 0 spiro atoms. The Hall–Kier alpha value is -1.81. The number of nitrogens with zero attached hydrogens (tertiary/aromatic N) is 1. The van der Waals surface area contributed by atoms with Crippen LogP contribution in [0.1, 0.15) is 53.4 Å². The van der Waals surface area contributed by atoms with Crippen LogP contribution < -0.4 is 5.73 Å². The highest BCUT2D eigenvalue weighted by Gasteiger charge is 2.19. The number of carboxylic acid groups (broad SMARTS) is 1. The maximum Gasteiger partial charge on any atom is 0.335 e. The predicted molar refractivity (Wildman–Crippen MR) is 86.1 cm³/mol. The minimum Gasteiger partial charge on any atom is -0.478 e. The highest BCUT2D eigenvalue weighted by molar-refractivity contribution is 5.97. The molecule has 0 saturated heterocycles. The normalized spacial score (nSPS) is 11.5. The lowest BCUT2D eigenvalue weighted by Gasteiger charge is -2.11. The number of hydrogen-bond acceptors (Lipinski definition) is 2. The van der Waals surface area contributed by atoms with Crippen molar-refractivity contribution in [3.63, 3.8) is 0 Å². The number of benzene rings is 1. The molecule has 2 rings (SSSR count). The van der Waals surface area contributed by atoms with Crippen molar-refractivity contribution in [2.75, 3.05) is 6.54 Å². The van der Waals surface area contributed by atoms with Crippen molar-refractivity contribution < 1.29 is 9.90 Å². The van der Waals surface area contributed by atoms with Crippen molar-refractivity contribution in [1.29, 1.82) is 0 Å². The highest BCUT2D eigenvalue weighted by Crippen LogP contribution is 2.33. The first kappa shape index (κ1) is 15.6. The van der Waals surface area contributed by atoms with E-state index in [-0.39, 0.29) is 5.92 Å². The Balaban J connectivity index is 2.80. The molecule has 0 fully saturated rings. The molecular weight excluding hydrogens is 264 g/mol. The Morgan fingerprint density at radius 1 is 1.38 bits per heavy atom. The summed E-state index contributed by atoms with van der Waals surface area (Å²) in [6.45, 7) is 6.94. The van der Waals surface area contributed by atoms with Gasteiger partial charge in [-0.05, 0) is 55.5 Å². The Labute approximate surface area is 125 Å². The third kappa shape index (κ3) is 2.68. The third-order valence-electron chi connectivity index (χ3n) is 4.24. The number of nitrogens with two attached hydrogens (primary N) is 1. The largest absolute Gasteiger partial charge is 0.478 e. The van der Waals surface area contributed by atoms with E-state index in [4.69, 9.17) is 5.73 Å². The monoisotopic (exact) mass is 288 g/mol. The second kappa shape index (κ2) is 5.90. The van der Waals surface area contributed by atoms with Gasteiger partial charge in [-0.1, -0.05) is 13.8 Å². The maximum absolute atomic E-state index is 11.4. The zero-order valence-corrected chi connectivity index (χ0v) is 13.2. The van der Waals surface area contributed by atoms with Crippen molar-refractivity contribution in [2.45, 2.75) is 39.5 Å². The van der Waals surface area contributed by atoms with Gasteiger partial charge in [0.1, 0.15) is 0 Å². The van der Waals surface area contributed by atoms with E-state index >= 15 is 0 Å². The van der Waals surface area contributed by atoms with Gasteiger partial charge in [-0.25, -0.2) is 4.79 Å². The van der Waals surface area contributed by atoms with Gasteiger partial charge in [-0.15, -0.1) is 0 Å². The van der Waals surface area contributed by atoms with E-state index in [0.717, 1.165) is 29.3 Å². The van der Waals surface area contributed by atoms with Gasteiger partial charge in [0.05, 0.1) is 11.1 Å². The van der Waals surface area contributed by atoms with Gasteiger partial charge >= 0.3 is 5.97 Å². The summed E-state index contributed by atoms with van der Waals surface area (Å²) in [5.74, 6) is -0.591. The zero-order chi connectivity index (χ0) is 15.7. The van der Waals surface area contributed by atoms with Crippen LogP contribution in [0.4, 0.5) is 0 Å². The van der Waals surface area contributed by atoms with Gasteiger partial charge in [0.25, 0.3) is 0 Å². The summed E-state index contributed by atoms with van der Waals surface area (Å²) in [4.78, 5) is 11.4. The smallest absolute Gasteiger partial charge is 0.335 e. The molecule has 0 radical (unpaired) electrons. The van der Waals surface area contributed by atoms with Crippen LogP contribution in [0, 0.1) is 6.92 Å². The van der Waals surface area contributed by atoms with Gasteiger partial charge in [-0.2, -0.15) is 0 Å². The average molecular weight is 288 g/mol. The zero-order valence-electron chi connectivity index (χ0n) is 13.2. The third-order valence-corrected chi connectivity index (χ3v) is 4.24. The number of hydrogen-bond donors (Lipinski definition) is 2. The lowest BCUT2D eigenvalue weighted by Crippen LogP contribution is -2.02. The van der Waals surface area contributed by atoms with Crippen LogP contribution in [0.15, 0.2) is 12.1 Å². The summed E-state index contributed by atoms with van der Waals surface area (Å²) in [7, 11) is 2.05. The Kier molecular flexibility index (Phi) is 4.37. The Morgan fingerprint density at radius 3 is 2.57 bits per heavy atom. The van der Waals surface area contributed by atoms with Crippen LogP contribution in [0.5, 0.6) is 0 Å². The standard InChI is InChI=1S/C17H24N2O2/c1-10(2)14-8-12(17(20)21)9-15-13(6-5-7-18)11(3)19(4)16(14)15/h8-10H,5-7,18H2,1-4H3,(H,20,21). The molecule has 0 aliphatic carbocycles. The highest BCUT2D eigenvalue weighted by atomic mass is 16.4. The molecule has 21 heavy (non-hydrogen) atoms. The fourth-order valence-corrected chi connectivity index (χ4v) is 2.98. The molecule has 1 aromatic carbocycles. The summed E-state index contributed by atoms with van der Waals surface area (Å²) < 4.78 is 2.18. The van der Waals surface area contributed by atoms with Gasteiger partial charge in [0, 0.05) is 18.1 Å². The van der Waals surface area contributed by atoms with E-state index in [0.29, 0.717) is 12.1 Å². The van der Waals surface area contributed by atoms with Crippen molar-refractivity contribution in [1.82, 2.24) is 4.57 Å². The number of carbonyl (C=O) groups is 1. The molecule has 0 aliphatic heterocycles. The van der Waals surface area contributed by atoms with Crippen molar-refractivity contribution in [3.05, 3.63) is 34.5 Å². The Morgan fingerprint density at radius 2 is 2.05 bits per heavy atom. The molecule has 0 unspecified atom stereocenters. The van der Waals surface area contributed by atoms with Gasteiger partial charge in [0.2, 0.25) is 0 Å². The second-order valence-electron chi connectivity index (χ2n) is 5.94. The number of aryl methyl sites for hydroxylation is 2. The number of aromatic carboxylic acids is 1. The molecule has 2 aromatic rings. The minimum atomic E-state index is -0.870. The summed E-state index contributed by atoms with van der Waals surface area (Å²) in [5, 5.41) is 10.4. The van der Waals surface area contributed by atoms with Gasteiger partial charge in [0.15, 0.2) is 0 Å². The van der Waals surface area contributed by atoms with Crippen LogP contribution in [0.2, 0.25) is 0 Å². The first-order valence-electron chi connectivity index (χ1n) is 7.43. The van der Waals surface area contributed by atoms with Crippen LogP contribution >= 0.6 is 0 Å². The second-order valence-corrected chi connectivity index (χ2v) is 5.94. The molecule has 114 valence electrons. The quantitative estimate of drug-likeness (QED) is 0.887. The molecule has 1 heterocycles. The molecule has 3 N–H and O–H groups in total. The van der Waals surface area contributed by atoms with E-state index in [1.54, 1.807) is 0 Å². The fraction of sp³-hybridized carbons (Fsp3) is 0.471. The Bertz CT molecular complexity index is 684. The van der Waals surface area contributed by atoms with E-state index in [1.165, 1.54) is 11.3 Å². The first-order chi connectivity index (χ1) is 9.88.